The number of ether oxygens (including phenoxy) is 4. The summed E-state index contributed by atoms with van der Waals surface area (Å²) in [5.74, 6) is 0. The van der Waals surface area contributed by atoms with Crippen LogP contribution in [0.2, 0.25) is 0 Å². The molecule has 0 saturated carbocycles. The molecule has 0 rings (SSSR count). The summed E-state index contributed by atoms with van der Waals surface area (Å²) in [7, 11) is 0. The number of aliphatic hydroxyl groups excluding tert-OH is 1. The lowest BCUT2D eigenvalue weighted by Gasteiger charge is -2.06. The van der Waals surface area contributed by atoms with Gasteiger partial charge in [-0.2, -0.15) is 0 Å². The minimum Gasteiger partial charge on any atom is -0.432 e. The molecule has 0 aliphatic heterocycles. The first kappa shape index (κ1) is 14.9. The molecule has 0 heterocycles. The Kier molecular flexibility index (Phi) is 11.1. The molecule has 0 unspecified atom stereocenters. The molecule has 0 aromatic carbocycles. The Morgan fingerprint density at radius 2 is 1.69 bits per heavy atom. The number of carbonyl (C=O) groups excluding carboxylic acids is 1. The second kappa shape index (κ2) is 12.0. The van der Waals surface area contributed by atoms with Crippen LogP contribution in [0.5, 0.6) is 0 Å². The van der Waals surface area contributed by atoms with Crippen LogP contribution in [-0.2, 0) is 18.9 Å². The molecule has 0 saturated heterocycles. The van der Waals surface area contributed by atoms with Crippen molar-refractivity contribution in [2.24, 2.45) is 0 Å². The van der Waals surface area contributed by atoms with Gasteiger partial charge in [0, 0.05) is 0 Å². The van der Waals surface area contributed by atoms with Crippen LogP contribution in [0, 0.1) is 0 Å². The minimum absolute atomic E-state index is 0.00173. The van der Waals surface area contributed by atoms with E-state index < -0.39 is 6.16 Å². The van der Waals surface area contributed by atoms with E-state index in [0.717, 1.165) is 0 Å². The Bertz CT molecular complexity index is 182. The molecule has 16 heavy (non-hydrogen) atoms. The minimum atomic E-state index is -0.736. The lowest BCUT2D eigenvalue weighted by molar-refractivity contribution is 0.00623. The summed E-state index contributed by atoms with van der Waals surface area (Å²) < 4.78 is 19.2. The van der Waals surface area contributed by atoms with Crippen LogP contribution in [0.3, 0.4) is 0 Å². The highest BCUT2D eigenvalue weighted by atomic mass is 16.7. The molecule has 0 fully saturated rings. The standard InChI is InChI=1S/C10H18O6/c1-2-4-15-10(12)16-9-8-14-7-6-13-5-3-11/h2,11H,1,3-9H2. The summed E-state index contributed by atoms with van der Waals surface area (Å²) in [6.45, 7) is 5.04. The summed E-state index contributed by atoms with van der Waals surface area (Å²) >= 11 is 0. The number of hydrogen-bond acceptors (Lipinski definition) is 6. The van der Waals surface area contributed by atoms with Crippen LogP contribution in [0.15, 0.2) is 12.7 Å². The molecule has 0 amide bonds. The Morgan fingerprint density at radius 1 is 1.06 bits per heavy atom. The monoisotopic (exact) mass is 234 g/mol. The topological polar surface area (TPSA) is 74.2 Å². The van der Waals surface area contributed by atoms with Gasteiger partial charge >= 0.3 is 6.16 Å². The van der Waals surface area contributed by atoms with E-state index >= 15 is 0 Å². The lowest BCUT2D eigenvalue weighted by Crippen LogP contribution is -2.14. The van der Waals surface area contributed by atoms with Gasteiger partial charge < -0.3 is 24.1 Å². The van der Waals surface area contributed by atoms with E-state index in [-0.39, 0.29) is 26.4 Å². The second-order valence-electron chi connectivity index (χ2n) is 2.65. The third-order valence-electron chi connectivity index (χ3n) is 1.37. The van der Waals surface area contributed by atoms with Gasteiger partial charge in [0.15, 0.2) is 0 Å². The molecule has 94 valence electrons. The SMILES string of the molecule is C=CCOC(=O)OCCOCCOCCO. The largest absolute Gasteiger partial charge is 0.508 e. The first-order valence-corrected chi connectivity index (χ1v) is 4.98. The highest BCUT2D eigenvalue weighted by Gasteiger charge is 2.00. The molecule has 6 heteroatoms. The summed E-state index contributed by atoms with van der Waals surface area (Å²) in [4.78, 5) is 10.8. The van der Waals surface area contributed by atoms with Gasteiger partial charge in [0.2, 0.25) is 0 Å². The fourth-order valence-corrected chi connectivity index (χ4v) is 0.739. The Balaban J connectivity index is 3.08. The van der Waals surface area contributed by atoms with Crippen molar-refractivity contribution in [1.29, 1.82) is 0 Å². The molecule has 0 atom stereocenters. The van der Waals surface area contributed by atoms with Gasteiger partial charge in [0.25, 0.3) is 0 Å². The van der Waals surface area contributed by atoms with E-state index in [4.69, 9.17) is 14.6 Å². The van der Waals surface area contributed by atoms with Gasteiger partial charge in [-0.3, -0.25) is 0 Å². The van der Waals surface area contributed by atoms with Crippen molar-refractivity contribution in [2.45, 2.75) is 0 Å². The smallest absolute Gasteiger partial charge is 0.432 e. The van der Waals surface area contributed by atoms with Gasteiger partial charge in [0.05, 0.1) is 33.0 Å². The van der Waals surface area contributed by atoms with Crippen molar-refractivity contribution >= 4 is 6.16 Å². The average molecular weight is 234 g/mol. The first-order valence-electron chi connectivity index (χ1n) is 4.98. The van der Waals surface area contributed by atoms with Crippen molar-refractivity contribution in [3.63, 3.8) is 0 Å². The van der Waals surface area contributed by atoms with Crippen molar-refractivity contribution < 1.29 is 28.8 Å². The highest BCUT2D eigenvalue weighted by Crippen LogP contribution is 1.86. The molecule has 0 aliphatic rings. The summed E-state index contributed by atoms with van der Waals surface area (Å²) in [6, 6.07) is 0. The predicted molar refractivity (Wildman–Crippen MR) is 56.2 cm³/mol. The van der Waals surface area contributed by atoms with Gasteiger partial charge in [-0.25, -0.2) is 4.79 Å². The van der Waals surface area contributed by atoms with Crippen molar-refractivity contribution in [3.8, 4) is 0 Å². The Labute approximate surface area is 94.7 Å². The lowest BCUT2D eigenvalue weighted by atomic mass is 10.7. The van der Waals surface area contributed by atoms with Crippen LogP contribution in [0.1, 0.15) is 0 Å². The molecule has 6 nitrogen and oxygen atoms in total. The molecule has 0 radical (unpaired) electrons. The van der Waals surface area contributed by atoms with E-state index in [9.17, 15) is 4.79 Å². The maximum Gasteiger partial charge on any atom is 0.508 e. The van der Waals surface area contributed by atoms with Crippen molar-refractivity contribution in [3.05, 3.63) is 12.7 Å². The summed E-state index contributed by atoms with van der Waals surface area (Å²) in [5.41, 5.74) is 0. The van der Waals surface area contributed by atoms with E-state index in [2.05, 4.69) is 16.1 Å². The fourth-order valence-electron chi connectivity index (χ4n) is 0.739. The molecular formula is C10H18O6. The highest BCUT2D eigenvalue weighted by molar-refractivity contribution is 5.59. The van der Waals surface area contributed by atoms with E-state index in [1.54, 1.807) is 0 Å². The van der Waals surface area contributed by atoms with Gasteiger partial charge in [0.1, 0.15) is 13.2 Å². The molecule has 0 aromatic heterocycles. The number of rotatable bonds is 10. The van der Waals surface area contributed by atoms with E-state index in [0.29, 0.717) is 19.8 Å². The zero-order valence-corrected chi connectivity index (χ0v) is 9.22. The molecule has 0 aliphatic carbocycles. The summed E-state index contributed by atoms with van der Waals surface area (Å²) in [5, 5.41) is 8.39. The third kappa shape index (κ3) is 11.0. The zero-order valence-electron chi connectivity index (χ0n) is 9.22. The maximum atomic E-state index is 10.8. The molecule has 0 bridgehead atoms. The normalized spacial score (nSPS) is 9.81. The zero-order chi connectivity index (χ0) is 12.1. The number of aliphatic hydroxyl groups is 1. The van der Waals surface area contributed by atoms with Crippen LogP contribution < -0.4 is 0 Å². The summed E-state index contributed by atoms with van der Waals surface area (Å²) in [6.07, 6.45) is 0.719. The third-order valence-corrected chi connectivity index (χ3v) is 1.37. The van der Waals surface area contributed by atoms with Crippen molar-refractivity contribution in [2.75, 3.05) is 46.2 Å². The van der Waals surface area contributed by atoms with Gasteiger partial charge in [-0.05, 0) is 0 Å². The van der Waals surface area contributed by atoms with Crippen LogP contribution in [0.25, 0.3) is 0 Å². The van der Waals surface area contributed by atoms with Crippen molar-refractivity contribution in [1.82, 2.24) is 0 Å². The quantitative estimate of drug-likeness (QED) is 0.334. The maximum absolute atomic E-state index is 10.8. The number of hydrogen-bond donors (Lipinski definition) is 1. The molecular weight excluding hydrogens is 216 g/mol. The molecule has 0 aromatic rings. The van der Waals surface area contributed by atoms with Gasteiger partial charge in [-0.15, -0.1) is 0 Å². The van der Waals surface area contributed by atoms with Crippen LogP contribution in [0.4, 0.5) is 4.79 Å². The predicted octanol–water partition coefficient (Wildman–Crippen LogP) is 0.351. The second-order valence-corrected chi connectivity index (χ2v) is 2.65. The van der Waals surface area contributed by atoms with E-state index in [1.807, 2.05) is 0 Å². The van der Waals surface area contributed by atoms with Crippen LogP contribution >= 0.6 is 0 Å². The number of carbonyl (C=O) groups is 1. The Hall–Kier alpha value is -1.11. The fraction of sp³-hybridized carbons (Fsp3) is 0.700. The van der Waals surface area contributed by atoms with E-state index in [1.165, 1.54) is 6.08 Å². The molecule has 0 spiro atoms. The van der Waals surface area contributed by atoms with Gasteiger partial charge in [-0.1, -0.05) is 12.7 Å². The first-order chi connectivity index (χ1) is 7.81. The Morgan fingerprint density at radius 3 is 2.31 bits per heavy atom. The average Bonchev–Trinajstić information content (AvgIpc) is 2.30. The van der Waals surface area contributed by atoms with Crippen LogP contribution in [-0.4, -0.2) is 57.5 Å². The molecule has 1 N–H and O–H groups in total.